The van der Waals surface area contributed by atoms with Gasteiger partial charge in [-0.1, -0.05) is 60.3 Å². The van der Waals surface area contributed by atoms with Gasteiger partial charge in [0.2, 0.25) is 0 Å². The van der Waals surface area contributed by atoms with E-state index in [1.54, 1.807) is 4.90 Å². The lowest BCUT2D eigenvalue weighted by Crippen LogP contribution is -2.50. The molecule has 0 saturated heterocycles. The van der Waals surface area contributed by atoms with Crippen LogP contribution in [-0.2, 0) is 9.53 Å². The largest absolute Gasteiger partial charge is 0.466 e. The number of aromatic nitrogens is 3. The van der Waals surface area contributed by atoms with Gasteiger partial charge in [0.15, 0.2) is 10.8 Å². The molecule has 8 nitrogen and oxygen atoms in total. The summed E-state index contributed by atoms with van der Waals surface area (Å²) in [4.78, 5) is 28.2. The quantitative estimate of drug-likeness (QED) is 0.307. The summed E-state index contributed by atoms with van der Waals surface area (Å²) in [5.74, 6) is -0.0713. The van der Waals surface area contributed by atoms with Gasteiger partial charge < -0.3 is 10.1 Å². The molecule has 3 heterocycles. The van der Waals surface area contributed by atoms with Gasteiger partial charge in [0.25, 0.3) is 0 Å². The second-order valence-corrected chi connectivity index (χ2v) is 10.00. The Kier molecular flexibility index (Phi) is 5.64. The molecular formula is C27H25N5O3S. The third-order valence-electron chi connectivity index (χ3n) is 6.74. The minimum atomic E-state index is -0.588. The number of fused-ring (bicyclic) bond motifs is 3. The molecule has 1 unspecified atom stereocenters. The highest BCUT2D eigenvalue weighted by molar-refractivity contribution is 7.99. The van der Waals surface area contributed by atoms with Crippen molar-refractivity contribution in [2.75, 3.05) is 12.9 Å². The molecule has 182 valence electrons. The van der Waals surface area contributed by atoms with Crippen molar-refractivity contribution in [3.05, 3.63) is 83.1 Å². The van der Waals surface area contributed by atoms with E-state index in [-0.39, 0.29) is 12.1 Å². The van der Waals surface area contributed by atoms with E-state index in [1.807, 2.05) is 52.9 Å². The van der Waals surface area contributed by atoms with E-state index >= 15 is 0 Å². The van der Waals surface area contributed by atoms with Crippen molar-refractivity contribution in [3.8, 4) is 0 Å². The molecule has 1 saturated carbocycles. The van der Waals surface area contributed by atoms with Crippen molar-refractivity contribution >= 4 is 40.3 Å². The van der Waals surface area contributed by atoms with Crippen LogP contribution < -0.4 is 5.32 Å². The number of rotatable bonds is 6. The minimum absolute atomic E-state index is 0.0793. The van der Waals surface area contributed by atoms with E-state index in [0.717, 1.165) is 40.5 Å². The van der Waals surface area contributed by atoms with Crippen LogP contribution in [0.3, 0.4) is 0 Å². The van der Waals surface area contributed by atoms with Gasteiger partial charge in [0, 0.05) is 22.9 Å². The maximum atomic E-state index is 13.3. The molecule has 2 amide bonds. The van der Waals surface area contributed by atoms with Gasteiger partial charge in [-0.15, -0.1) is 10.2 Å². The molecule has 1 aliphatic carbocycles. The number of pyridine rings is 1. The Bertz CT molecular complexity index is 1530. The summed E-state index contributed by atoms with van der Waals surface area (Å²) in [6.07, 6.45) is 1.81. The van der Waals surface area contributed by atoms with E-state index in [9.17, 15) is 9.59 Å². The SMILES string of the molecule is COC(=O)C1=C(CSc2nnc3cc(C)c4ccccc4n23)N(C2CC2)C(=O)NC1c1ccccc1. The monoisotopic (exact) mass is 499 g/mol. The molecule has 0 bridgehead atoms. The standard InChI is InChI=1S/C27H25N5O3S/c1-16-14-22-29-30-27(32(22)20-11-7-6-10-19(16)20)36-15-21-23(25(33)35-2)24(17-8-4-3-5-9-17)28-26(34)31(21)18-12-13-18/h3-11,14,18,24H,12-13,15H2,1-2H3,(H,28,34). The summed E-state index contributed by atoms with van der Waals surface area (Å²) < 4.78 is 7.25. The molecule has 1 aliphatic heterocycles. The van der Waals surface area contributed by atoms with Gasteiger partial charge in [-0.2, -0.15) is 0 Å². The first kappa shape index (κ1) is 22.6. The lowest BCUT2D eigenvalue weighted by Gasteiger charge is -2.36. The molecule has 0 radical (unpaired) electrons. The smallest absolute Gasteiger partial charge is 0.338 e. The van der Waals surface area contributed by atoms with Crippen molar-refractivity contribution in [2.45, 2.75) is 37.0 Å². The summed E-state index contributed by atoms with van der Waals surface area (Å²) in [6, 6.07) is 19.0. The number of ether oxygens (including phenoxy) is 1. The van der Waals surface area contributed by atoms with Gasteiger partial charge in [-0.25, -0.2) is 9.59 Å². The van der Waals surface area contributed by atoms with Crippen molar-refractivity contribution in [1.29, 1.82) is 0 Å². The molecule has 1 fully saturated rings. The second-order valence-electron chi connectivity index (χ2n) is 9.06. The van der Waals surface area contributed by atoms with Crippen LogP contribution in [0, 0.1) is 6.92 Å². The predicted octanol–water partition coefficient (Wildman–Crippen LogP) is 4.64. The highest BCUT2D eigenvalue weighted by Gasteiger charge is 2.44. The lowest BCUT2D eigenvalue weighted by molar-refractivity contribution is -0.136. The van der Waals surface area contributed by atoms with Crippen LogP contribution in [0.5, 0.6) is 0 Å². The van der Waals surface area contributed by atoms with Crippen molar-refractivity contribution in [2.24, 2.45) is 0 Å². The van der Waals surface area contributed by atoms with Gasteiger partial charge in [-0.3, -0.25) is 9.30 Å². The Morgan fingerprint density at radius 2 is 1.86 bits per heavy atom. The van der Waals surface area contributed by atoms with Crippen LogP contribution in [0.2, 0.25) is 0 Å². The lowest BCUT2D eigenvalue weighted by atomic mass is 9.95. The van der Waals surface area contributed by atoms with E-state index < -0.39 is 12.0 Å². The van der Waals surface area contributed by atoms with Crippen LogP contribution in [0.25, 0.3) is 16.6 Å². The molecule has 2 aromatic heterocycles. The van der Waals surface area contributed by atoms with Crippen molar-refractivity contribution in [3.63, 3.8) is 0 Å². The van der Waals surface area contributed by atoms with Gasteiger partial charge >= 0.3 is 12.0 Å². The number of amides is 2. The zero-order chi connectivity index (χ0) is 24.8. The number of nitrogens with zero attached hydrogens (tertiary/aromatic N) is 4. The fraction of sp³-hybridized carbons (Fsp3) is 0.259. The fourth-order valence-electron chi connectivity index (χ4n) is 4.89. The molecule has 4 aromatic rings. The maximum absolute atomic E-state index is 13.3. The van der Waals surface area contributed by atoms with Crippen LogP contribution in [-0.4, -0.2) is 50.4 Å². The third-order valence-corrected chi connectivity index (χ3v) is 7.68. The Morgan fingerprint density at radius 1 is 1.11 bits per heavy atom. The second kappa shape index (κ2) is 8.98. The topological polar surface area (TPSA) is 88.8 Å². The van der Waals surface area contributed by atoms with E-state index in [2.05, 4.69) is 34.6 Å². The van der Waals surface area contributed by atoms with Gasteiger partial charge in [0.1, 0.15) is 0 Å². The maximum Gasteiger partial charge on any atom is 0.338 e. The normalized spacial score (nSPS) is 18.1. The number of nitrogens with one attached hydrogen (secondary N) is 1. The number of hydrogen-bond donors (Lipinski definition) is 1. The van der Waals surface area contributed by atoms with Crippen molar-refractivity contribution in [1.82, 2.24) is 24.8 Å². The zero-order valence-electron chi connectivity index (χ0n) is 20.0. The number of benzene rings is 2. The number of thioether (sulfide) groups is 1. The van der Waals surface area contributed by atoms with Crippen LogP contribution in [0.1, 0.15) is 30.0 Å². The number of urea groups is 1. The highest BCUT2D eigenvalue weighted by Crippen LogP contribution is 2.40. The number of aryl methyl sites for hydroxylation is 1. The Balaban J connectivity index is 1.45. The molecule has 36 heavy (non-hydrogen) atoms. The van der Waals surface area contributed by atoms with Crippen LogP contribution in [0.4, 0.5) is 4.79 Å². The number of hydrogen-bond acceptors (Lipinski definition) is 6. The van der Waals surface area contributed by atoms with E-state index in [1.165, 1.54) is 18.9 Å². The van der Waals surface area contributed by atoms with Gasteiger partial charge in [-0.05, 0) is 43.0 Å². The summed E-state index contributed by atoms with van der Waals surface area (Å²) >= 11 is 1.47. The summed E-state index contributed by atoms with van der Waals surface area (Å²) in [6.45, 7) is 2.06. The Hall–Kier alpha value is -3.85. The number of para-hydroxylation sites is 1. The molecular weight excluding hydrogens is 474 g/mol. The molecule has 9 heteroatoms. The first-order chi connectivity index (χ1) is 17.6. The average Bonchev–Trinajstić information content (AvgIpc) is 3.66. The average molecular weight is 500 g/mol. The van der Waals surface area contributed by atoms with Crippen LogP contribution >= 0.6 is 11.8 Å². The number of methoxy groups -OCH3 is 1. The Labute approximate surface area is 212 Å². The summed E-state index contributed by atoms with van der Waals surface area (Å²) in [7, 11) is 1.38. The predicted molar refractivity (Wildman–Crippen MR) is 138 cm³/mol. The number of esters is 1. The fourth-order valence-corrected chi connectivity index (χ4v) is 5.87. The molecule has 6 rings (SSSR count). The van der Waals surface area contributed by atoms with E-state index in [0.29, 0.717) is 22.2 Å². The third kappa shape index (κ3) is 3.80. The molecule has 1 N–H and O–H groups in total. The minimum Gasteiger partial charge on any atom is -0.466 e. The van der Waals surface area contributed by atoms with Crippen LogP contribution in [0.15, 0.2) is 77.1 Å². The molecule has 2 aliphatic rings. The first-order valence-corrected chi connectivity index (χ1v) is 12.9. The number of carbonyl (C=O) groups is 2. The summed E-state index contributed by atoms with van der Waals surface area (Å²) in [5, 5.41) is 13.7. The molecule has 1 atom stereocenters. The summed E-state index contributed by atoms with van der Waals surface area (Å²) in [5.41, 5.74) is 4.87. The number of carbonyl (C=O) groups excluding carboxylic acids is 2. The Morgan fingerprint density at radius 3 is 2.61 bits per heavy atom. The van der Waals surface area contributed by atoms with E-state index in [4.69, 9.17) is 4.74 Å². The molecule has 0 spiro atoms. The zero-order valence-corrected chi connectivity index (χ0v) is 20.8. The first-order valence-electron chi connectivity index (χ1n) is 11.9. The molecule has 2 aromatic carbocycles. The highest BCUT2D eigenvalue weighted by atomic mass is 32.2. The van der Waals surface area contributed by atoms with Crippen molar-refractivity contribution < 1.29 is 14.3 Å². The van der Waals surface area contributed by atoms with Gasteiger partial charge in [0.05, 0.1) is 24.2 Å².